The number of para-hydroxylation sites is 1. The maximum absolute atomic E-state index is 13.6. The van der Waals surface area contributed by atoms with Crippen LogP contribution in [0.5, 0.6) is 0 Å². The van der Waals surface area contributed by atoms with E-state index in [2.05, 4.69) is 6.07 Å². The summed E-state index contributed by atoms with van der Waals surface area (Å²) < 4.78 is 0. The number of nitrogens with zero attached hydrogens (tertiary/aromatic N) is 2. The zero-order chi connectivity index (χ0) is 20.9. The summed E-state index contributed by atoms with van der Waals surface area (Å²) in [5, 5.41) is 18.3. The average Bonchev–Trinajstić information content (AvgIpc) is 3.49. The predicted octanol–water partition coefficient (Wildman–Crippen LogP) is 4.23. The highest BCUT2D eigenvalue weighted by atomic mass is 16.4. The summed E-state index contributed by atoms with van der Waals surface area (Å²) in [6, 6.07) is 24.2. The van der Waals surface area contributed by atoms with Gasteiger partial charge in [0.1, 0.15) is 0 Å². The zero-order valence-corrected chi connectivity index (χ0v) is 16.1. The molecule has 1 N–H and O–H groups in total. The number of fused-ring (bicyclic) bond motifs is 2. The van der Waals surface area contributed by atoms with Crippen molar-refractivity contribution in [2.24, 2.45) is 0 Å². The molecule has 0 saturated heterocycles. The van der Waals surface area contributed by atoms with E-state index in [0.29, 0.717) is 12.1 Å². The van der Waals surface area contributed by atoms with Crippen molar-refractivity contribution < 1.29 is 14.7 Å². The maximum atomic E-state index is 13.6. The van der Waals surface area contributed by atoms with E-state index in [1.54, 1.807) is 35.2 Å². The molecular weight excluding hydrogens is 376 g/mol. The Kier molecular flexibility index (Phi) is 3.97. The number of nitriles is 1. The molecule has 2 atom stereocenters. The van der Waals surface area contributed by atoms with Crippen LogP contribution < -0.4 is 4.90 Å². The van der Waals surface area contributed by atoms with Gasteiger partial charge in [0.05, 0.1) is 29.2 Å². The molecule has 5 rings (SSSR count). The topological polar surface area (TPSA) is 81.4 Å². The van der Waals surface area contributed by atoms with E-state index in [4.69, 9.17) is 5.26 Å². The van der Waals surface area contributed by atoms with Gasteiger partial charge in [0, 0.05) is 11.6 Å². The van der Waals surface area contributed by atoms with Crippen LogP contribution in [0.4, 0.5) is 5.69 Å². The molecule has 0 aromatic heterocycles. The Hall–Kier alpha value is -3.91. The first-order valence-electron chi connectivity index (χ1n) is 9.78. The Morgan fingerprint density at radius 3 is 2.60 bits per heavy atom. The van der Waals surface area contributed by atoms with Gasteiger partial charge in [0.2, 0.25) is 5.91 Å². The Balaban J connectivity index is 1.50. The fourth-order valence-electron chi connectivity index (χ4n) is 4.68. The summed E-state index contributed by atoms with van der Waals surface area (Å²) in [5.41, 5.74) is 4.00. The molecule has 1 aliphatic heterocycles. The molecule has 5 heteroatoms. The second-order valence-electron chi connectivity index (χ2n) is 7.88. The fourth-order valence-corrected chi connectivity index (χ4v) is 4.68. The van der Waals surface area contributed by atoms with Crippen LogP contribution in [0.2, 0.25) is 0 Å². The number of carboxylic acids is 1. The van der Waals surface area contributed by atoms with Crippen molar-refractivity contribution in [1.29, 1.82) is 5.26 Å². The van der Waals surface area contributed by atoms with Gasteiger partial charge in [-0.1, -0.05) is 42.5 Å². The number of carboxylic acid groups (broad SMARTS) is 1. The molecule has 0 bridgehead atoms. The highest BCUT2D eigenvalue weighted by Gasteiger charge is 2.66. The lowest BCUT2D eigenvalue weighted by Crippen LogP contribution is -2.32. The van der Waals surface area contributed by atoms with Crippen LogP contribution in [0.3, 0.4) is 0 Å². The van der Waals surface area contributed by atoms with E-state index >= 15 is 0 Å². The molecular formula is C25H18N2O3. The van der Waals surface area contributed by atoms with E-state index in [0.717, 1.165) is 28.8 Å². The van der Waals surface area contributed by atoms with Crippen molar-refractivity contribution >= 4 is 17.6 Å². The SMILES string of the molecule is N#Cc1ccc([C@@H]2C[C@@]23C(=O)N(Cc2cccc(C(=O)O)c2)c2ccccc23)cc1. The van der Waals surface area contributed by atoms with E-state index in [1.807, 2.05) is 42.5 Å². The van der Waals surface area contributed by atoms with E-state index in [-0.39, 0.29) is 17.4 Å². The number of hydrogen-bond donors (Lipinski definition) is 1. The highest BCUT2D eigenvalue weighted by Crippen LogP contribution is 2.66. The molecule has 1 saturated carbocycles. The van der Waals surface area contributed by atoms with Crippen molar-refractivity contribution in [3.63, 3.8) is 0 Å². The monoisotopic (exact) mass is 394 g/mol. The van der Waals surface area contributed by atoms with Crippen LogP contribution in [0.25, 0.3) is 0 Å². The van der Waals surface area contributed by atoms with Crippen LogP contribution in [-0.4, -0.2) is 17.0 Å². The first kappa shape index (κ1) is 18.1. The first-order chi connectivity index (χ1) is 14.5. The zero-order valence-electron chi connectivity index (χ0n) is 16.1. The summed E-state index contributed by atoms with van der Waals surface area (Å²) in [6.07, 6.45) is 0.737. The third kappa shape index (κ3) is 2.61. The predicted molar refractivity (Wildman–Crippen MR) is 111 cm³/mol. The Morgan fingerprint density at radius 1 is 1.10 bits per heavy atom. The number of amides is 1. The molecule has 1 amide bonds. The lowest BCUT2D eigenvalue weighted by atomic mass is 9.92. The molecule has 3 aromatic carbocycles. The summed E-state index contributed by atoms with van der Waals surface area (Å²) in [6.45, 7) is 0.332. The smallest absolute Gasteiger partial charge is 0.335 e. The first-order valence-corrected chi connectivity index (χ1v) is 9.78. The van der Waals surface area contributed by atoms with Gasteiger partial charge in [-0.25, -0.2) is 4.79 Å². The number of hydrogen-bond acceptors (Lipinski definition) is 3. The minimum atomic E-state index is -0.982. The summed E-state index contributed by atoms with van der Waals surface area (Å²) in [7, 11) is 0. The second-order valence-corrected chi connectivity index (χ2v) is 7.88. The van der Waals surface area contributed by atoms with Gasteiger partial charge >= 0.3 is 5.97 Å². The molecule has 0 radical (unpaired) electrons. The van der Waals surface area contributed by atoms with E-state index in [1.165, 1.54) is 0 Å². The quantitative estimate of drug-likeness (QED) is 0.718. The molecule has 1 heterocycles. The molecule has 30 heavy (non-hydrogen) atoms. The van der Waals surface area contributed by atoms with Gasteiger partial charge < -0.3 is 10.0 Å². The lowest BCUT2D eigenvalue weighted by molar-refractivity contribution is -0.120. The molecule has 3 aromatic rings. The van der Waals surface area contributed by atoms with E-state index in [9.17, 15) is 14.7 Å². The van der Waals surface area contributed by atoms with Crippen LogP contribution in [0, 0.1) is 11.3 Å². The minimum Gasteiger partial charge on any atom is -0.478 e. The number of anilines is 1. The van der Waals surface area contributed by atoms with Crippen LogP contribution in [0.15, 0.2) is 72.8 Å². The maximum Gasteiger partial charge on any atom is 0.335 e. The highest BCUT2D eigenvalue weighted by molar-refractivity contribution is 6.11. The van der Waals surface area contributed by atoms with Crippen molar-refractivity contribution in [2.75, 3.05) is 4.90 Å². The number of carbonyl (C=O) groups excluding carboxylic acids is 1. The largest absolute Gasteiger partial charge is 0.478 e. The van der Waals surface area contributed by atoms with Crippen molar-refractivity contribution in [1.82, 2.24) is 0 Å². The lowest BCUT2D eigenvalue weighted by Gasteiger charge is -2.19. The summed E-state index contributed by atoms with van der Waals surface area (Å²) >= 11 is 0. The van der Waals surface area contributed by atoms with Crippen LogP contribution >= 0.6 is 0 Å². The normalized spacial score (nSPS) is 21.4. The Labute approximate surface area is 173 Å². The van der Waals surface area contributed by atoms with Gasteiger partial charge in [0.15, 0.2) is 0 Å². The molecule has 5 nitrogen and oxygen atoms in total. The Bertz CT molecular complexity index is 1230. The average molecular weight is 394 g/mol. The van der Waals surface area contributed by atoms with Crippen LogP contribution in [-0.2, 0) is 16.8 Å². The van der Waals surface area contributed by atoms with Crippen molar-refractivity contribution in [2.45, 2.75) is 24.3 Å². The summed E-state index contributed by atoms with van der Waals surface area (Å²) in [5.74, 6) is -0.849. The number of benzene rings is 3. The Morgan fingerprint density at radius 2 is 1.87 bits per heavy atom. The number of aromatic carboxylic acids is 1. The molecule has 1 aliphatic carbocycles. The number of rotatable bonds is 4. The van der Waals surface area contributed by atoms with E-state index < -0.39 is 11.4 Å². The van der Waals surface area contributed by atoms with Crippen LogP contribution in [0.1, 0.15) is 45.0 Å². The van der Waals surface area contributed by atoms with Crippen molar-refractivity contribution in [3.05, 3.63) is 101 Å². The van der Waals surface area contributed by atoms with Gasteiger partial charge in [-0.15, -0.1) is 0 Å². The van der Waals surface area contributed by atoms with Gasteiger partial charge in [0.25, 0.3) is 0 Å². The molecule has 1 spiro atoms. The molecule has 1 fully saturated rings. The fraction of sp³-hybridized carbons (Fsp3) is 0.160. The van der Waals surface area contributed by atoms with Gasteiger partial charge in [-0.3, -0.25) is 4.79 Å². The number of carbonyl (C=O) groups is 2. The van der Waals surface area contributed by atoms with Gasteiger partial charge in [-0.2, -0.15) is 5.26 Å². The van der Waals surface area contributed by atoms with Gasteiger partial charge in [-0.05, 0) is 53.4 Å². The third-order valence-electron chi connectivity index (χ3n) is 6.22. The second kappa shape index (κ2) is 6.57. The molecule has 0 unspecified atom stereocenters. The van der Waals surface area contributed by atoms with Crippen molar-refractivity contribution in [3.8, 4) is 6.07 Å². The third-order valence-corrected chi connectivity index (χ3v) is 6.22. The standard InChI is InChI=1S/C25H18N2O3/c26-14-16-8-10-18(11-9-16)21-13-25(21)20-6-1-2-7-22(20)27(24(25)30)15-17-4-3-5-19(12-17)23(28)29/h1-12,21H,13,15H2,(H,28,29)/t21-,25-/m0/s1. The molecule has 2 aliphatic rings. The minimum absolute atomic E-state index is 0.0544. The molecule has 146 valence electrons. The summed E-state index contributed by atoms with van der Waals surface area (Å²) in [4.78, 5) is 26.7.